The van der Waals surface area contributed by atoms with Gasteiger partial charge in [-0.25, -0.2) is 13.1 Å². The average Bonchev–Trinajstić information content (AvgIpc) is 2.72. The molecule has 1 N–H and O–H groups in total. The minimum Gasteiger partial charge on any atom is -0.406 e. The second-order valence-corrected chi connectivity index (χ2v) is 8.62. The Bertz CT molecular complexity index is 959. The van der Waals surface area contributed by atoms with Crippen LogP contribution in [-0.4, -0.2) is 50.2 Å². The summed E-state index contributed by atoms with van der Waals surface area (Å²) in [4.78, 5) is 17.9. The highest BCUT2D eigenvalue weighted by Gasteiger charge is 2.31. The summed E-state index contributed by atoms with van der Waals surface area (Å²) >= 11 is 0. The zero-order valence-corrected chi connectivity index (χ0v) is 16.6. The van der Waals surface area contributed by atoms with Crippen LogP contribution in [0.2, 0.25) is 0 Å². The van der Waals surface area contributed by atoms with E-state index in [-0.39, 0.29) is 23.3 Å². The number of halogens is 3. The molecule has 1 aliphatic rings. The van der Waals surface area contributed by atoms with E-state index in [1.54, 1.807) is 23.2 Å². The van der Waals surface area contributed by atoms with Crippen LogP contribution in [-0.2, 0) is 10.0 Å². The minimum absolute atomic E-state index is 0.0468. The maximum absolute atomic E-state index is 12.4. The summed E-state index contributed by atoms with van der Waals surface area (Å²) in [5, 5.41) is 0. The summed E-state index contributed by atoms with van der Waals surface area (Å²) in [6, 6.07) is 7.39. The van der Waals surface area contributed by atoms with Crippen LogP contribution in [0.25, 0.3) is 0 Å². The van der Waals surface area contributed by atoms with E-state index in [2.05, 4.69) is 14.4 Å². The molecule has 30 heavy (non-hydrogen) atoms. The normalized spacial score (nSPS) is 15.8. The number of hydrogen-bond donors (Lipinski definition) is 1. The van der Waals surface area contributed by atoms with Crippen LogP contribution in [0.1, 0.15) is 23.2 Å². The molecular weight excluding hydrogens is 423 g/mol. The maximum Gasteiger partial charge on any atom is 0.573 e. The van der Waals surface area contributed by atoms with Crippen molar-refractivity contribution in [2.24, 2.45) is 5.92 Å². The first-order valence-corrected chi connectivity index (χ1v) is 10.7. The van der Waals surface area contributed by atoms with Gasteiger partial charge in [-0.15, -0.1) is 13.2 Å². The molecule has 0 unspecified atom stereocenters. The smallest absolute Gasteiger partial charge is 0.406 e. The summed E-state index contributed by atoms with van der Waals surface area (Å²) in [5.41, 5.74) is 0.509. The Kier molecular flexibility index (Phi) is 6.61. The first-order chi connectivity index (χ1) is 14.1. The number of likely N-dealkylation sites (tertiary alicyclic amines) is 1. The van der Waals surface area contributed by atoms with Crippen LogP contribution in [0, 0.1) is 5.92 Å². The Balaban J connectivity index is 1.50. The largest absolute Gasteiger partial charge is 0.573 e. The maximum atomic E-state index is 12.4. The van der Waals surface area contributed by atoms with Gasteiger partial charge in [-0.1, -0.05) is 0 Å². The molecular formula is C19H20F3N3O4S. The second-order valence-electron chi connectivity index (χ2n) is 6.85. The van der Waals surface area contributed by atoms with Crippen LogP contribution >= 0.6 is 0 Å². The molecule has 0 saturated carbocycles. The van der Waals surface area contributed by atoms with Gasteiger partial charge in [-0.2, -0.15) is 0 Å². The lowest BCUT2D eigenvalue weighted by Crippen LogP contribution is -2.41. The molecule has 7 nitrogen and oxygen atoms in total. The Hall–Kier alpha value is -2.66. The predicted molar refractivity (Wildman–Crippen MR) is 101 cm³/mol. The lowest BCUT2D eigenvalue weighted by atomic mass is 9.97. The van der Waals surface area contributed by atoms with Gasteiger partial charge in [0.25, 0.3) is 5.91 Å². The van der Waals surface area contributed by atoms with Gasteiger partial charge in [-0.05, 0) is 55.2 Å². The van der Waals surface area contributed by atoms with Gasteiger partial charge in [-0.3, -0.25) is 9.78 Å². The topological polar surface area (TPSA) is 88.6 Å². The Morgan fingerprint density at radius 2 is 1.83 bits per heavy atom. The number of hydrogen-bond acceptors (Lipinski definition) is 5. The molecule has 2 aromatic rings. The Morgan fingerprint density at radius 1 is 1.17 bits per heavy atom. The molecule has 3 rings (SSSR count). The van der Waals surface area contributed by atoms with Crippen molar-refractivity contribution < 1.29 is 31.1 Å². The molecule has 1 saturated heterocycles. The Morgan fingerprint density at radius 3 is 2.40 bits per heavy atom. The molecule has 1 aromatic carbocycles. The predicted octanol–water partition coefficient (Wildman–Crippen LogP) is 2.81. The fourth-order valence-electron chi connectivity index (χ4n) is 3.14. The summed E-state index contributed by atoms with van der Waals surface area (Å²) in [6.07, 6.45) is -0.481. The number of rotatable bonds is 6. The SMILES string of the molecule is O=C(c1cccnc1)N1CCC(CNS(=O)(=O)c2ccc(OC(F)(F)F)cc2)CC1. The first kappa shape index (κ1) is 22.0. The summed E-state index contributed by atoms with van der Waals surface area (Å²) < 4.78 is 67.6. The number of benzene rings is 1. The molecule has 1 aromatic heterocycles. The molecule has 1 amide bonds. The molecule has 11 heteroatoms. The third-order valence-electron chi connectivity index (χ3n) is 4.74. The van der Waals surface area contributed by atoms with E-state index < -0.39 is 22.1 Å². The number of ether oxygens (including phenoxy) is 1. The fourth-order valence-corrected chi connectivity index (χ4v) is 4.26. The zero-order chi connectivity index (χ0) is 21.8. The quantitative estimate of drug-likeness (QED) is 0.742. The zero-order valence-electron chi connectivity index (χ0n) is 15.8. The van der Waals surface area contributed by atoms with Gasteiger partial charge in [0.1, 0.15) is 5.75 Å². The number of nitrogens with zero attached hydrogens (tertiary/aromatic N) is 2. The highest BCUT2D eigenvalue weighted by Crippen LogP contribution is 2.24. The van der Waals surface area contributed by atoms with Gasteiger partial charge < -0.3 is 9.64 Å². The van der Waals surface area contributed by atoms with E-state index in [0.29, 0.717) is 31.5 Å². The van der Waals surface area contributed by atoms with Gasteiger partial charge in [0, 0.05) is 32.0 Å². The van der Waals surface area contributed by atoms with Gasteiger partial charge in [0.05, 0.1) is 10.5 Å². The number of sulfonamides is 1. The van der Waals surface area contributed by atoms with Gasteiger partial charge >= 0.3 is 6.36 Å². The van der Waals surface area contributed by atoms with Crippen molar-refractivity contribution in [2.45, 2.75) is 24.1 Å². The van der Waals surface area contributed by atoms with E-state index in [4.69, 9.17) is 0 Å². The molecule has 0 spiro atoms. The van der Waals surface area contributed by atoms with Crippen molar-refractivity contribution in [1.82, 2.24) is 14.6 Å². The lowest BCUT2D eigenvalue weighted by molar-refractivity contribution is -0.274. The van der Waals surface area contributed by atoms with Crippen molar-refractivity contribution in [3.05, 3.63) is 54.4 Å². The average molecular weight is 443 g/mol. The molecule has 0 aliphatic carbocycles. The lowest BCUT2D eigenvalue weighted by Gasteiger charge is -2.32. The molecule has 1 aliphatic heterocycles. The fraction of sp³-hybridized carbons (Fsp3) is 0.368. The highest BCUT2D eigenvalue weighted by molar-refractivity contribution is 7.89. The van der Waals surface area contributed by atoms with Gasteiger partial charge in [0.2, 0.25) is 10.0 Å². The van der Waals surface area contributed by atoms with Crippen molar-refractivity contribution >= 4 is 15.9 Å². The number of aromatic nitrogens is 1. The van der Waals surface area contributed by atoms with Crippen molar-refractivity contribution in [2.75, 3.05) is 19.6 Å². The summed E-state index contributed by atoms with van der Waals surface area (Å²) in [5.74, 6) is -0.555. The third kappa shape index (κ3) is 5.92. The molecule has 1 fully saturated rings. The van der Waals surface area contributed by atoms with Crippen LogP contribution < -0.4 is 9.46 Å². The summed E-state index contributed by atoms with van der Waals surface area (Å²) in [6.45, 7) is 1.19. The second kappa shape index (κ2) is 9.00. The summed E-state index contributed by atoms with van der Waals surface area (Å²) in [7, 11) is -3.87. The number of amides is 1. The number of alkyl halides is 3. The third-order valence-corrected chi connectivity index (χ3v) is 6.18. The van der Waals surface area contributed by atoms with Crippen LogP contribution in [0.15, 0.2) is 53.7 Å². The molecule has 0 radical (unpaired) electrons. The van der Waals surface area contributed by atoms with Crippen molar-refractivity contribution in [1.29, 1.82) is 0 Å². The standard InChI is InChI=1S/C19H20F3N3O4S/c20-19(21,22)29-16-3-5-17(6-4-16)30(27,28)24-12-14-7-10-25(11-8-14)18(26)15-2-1-9-23-13-15/h1-6,9,13-14,24H,7-8,10-12H2. The van der Waals surface area contributed by atoms with Crippen LogP contribution in [0.4, 0.5) is 13.2 Å². The van der Waals surface area contributed by atoms with E-state index in [9.17, 15) is 26.4 Å². The highest BCUT2D eigenvalue weighted by atomic mass is 32.2. The van der Waals surface area contributed by atoms with Crippen LogP contribution in [0.3, 0.4) is 0 Å². The number of carbonyl (C=O) groups is 1. The number of carbonyl (C=O) groups excluding carboxylic acids is 1. The number of pyridine rings is 1. The molecule has 0 atom stereocenters. The monoisotopic (exact) mass is 443 g/mol. The number of piperidine rings is 1. The van der Waals surface area contributed by atoms with Crippen molar-refractivity contribution in [3.63, 3.8) is 0 Å². The Labute approximate surface area is 171 Å². The first-order valence-electron chi connectivity index (χ1n) is 9.19. The van der Waals surface area contributed by atoms with E-state index in [1.165, 1.54) is 6.20 Å². The van der Waals surface area contributed by atoms with E-state index in [1.807, 2.05) is 0 Å². The van der Waals surface area contributed by atoms with Gasteiger partial charge in [0.15, 0.2) is 0 Å². The number of nitrogens with one attached hydrogen (secondary N) is 1. The molecule has 162 valence electrons. The van der Waals surface area contributed by atoms with Crippen molar-refractivity contribution in [3.8, 4) is 5.75 Å². The molecule has 0 bridgehead atoms. The molecule has 2 heterocycles. The van der Waals surface area contributed by atoms with E-state index >= 15 is 0 Å². The minimum atomic E-state index is -4.84. The van der Waals surface area contributed by atoms with Crippen LogP contribution in [0.5, 0.6) is 5.75 Å². The van der Waals surface area contributed by atoms with E-state index in [0.717, 1.165) is 24.3 Å².